The number of halogens is 2. The maximum absolute atomic E-state index is 13.8. The summed E-state index contributed by atoms with van der Waals surface area (Å²) in [5, 5.41) is 8.59. The molecule has 7 nitrogen and oxygen atoms in total. The number of nitrogens with one attached hydrogen (secondary N) is 3. The van der Waals surface area contributed by atoms with E-state index in [-0.39, 0.29) is 17.1 Å². The first-order valence-corrected chi connectivity index (χ1v) is 13.7. The third-order valence-corrected chi connectivity index (χ3v) is 7.71. The number of nitrogens with zero attached hydrogens (tertiary/aromatic N) is 2. The van der Waals surface area contributed by atoms with E-state index in [2.05, 4.69) is 40.1 Å². The van der Waals surface area contributed by atoms with Crippen LogP contribution in [0.5, 0.6) is 0 Å². The SMILES string of the molecule is CC1(CN=C(NC(=O)c2ccc(F)c(F)c2)NC2c3ccccc3NN2C2CCCCCCCC2)COC1. The van der Waals surface area contributed by atoms with Crippen LogP contribution in [0.2, 0.25) is 0 Å². The van der Waals surface area contributed by atoms with Crippen molar-refractivity contribution in [3.8, 4) is 0 Å². The molecule has 1 amide bonds. The van der Waals surface area contributed by atoms with Crippen molar-refractivity contribution in [3.63, 3.8) is 0 Å². The summed E-state index contributed by atoms with van der Waals surface area (Å²) < 4.78 is 32.7. The van der Waals surface area contributed by atoms with Crippen LogP contribution in [-0.4, -0.2) is 42.7 Å². The van der Waals surface area contributed by atoms with Crippen LogP contribution in [0.4, 0.5) is 14.5 Å². The standard InChI is InChI=1S/C29H37F2N5O2/c1-29(18-38-19-29)17-32-28(34-27(37)20-14-15-23(30)24(31)16-20)33-26-22-12-8-9-13-25(22)35-36(26)21-10-6-4-2-3-5-7-11-21/h8-9,12-16,21,26,35H,2-7,10-11,17-19H2,1H3,(H2,32,33,34,37). The Morgan fingerprint density at radius 3 is 2.45 bits per heavy atom. The quantitative estimate of drug-likeness (QED) is 0.354. The predicted molar refractivity (Wildman–Crippen MR) is 144 cm³/mol. The van der Waals surface area contributed by atoms with Gasteiger partial charge in [0, 0.05) is 22.6 Å². The number of amides is 1. The number of carbonyl (C=O) groups is 1. The Labute approximate surface area is 223 Å². The molecule has 9 heteroatoms. The van der Waals surface area contributed by atoms with Gasteiger partial charge in [-0.25, -0.2) is 8.78 Å². The predicted octanol–water partition coefficient (Wildman–Crippen LogP) is 5.52. The van der Waals surface area contributed by atoms with Crippen LogP contribution in [0.15, 0.2) is 47.5 Å². The largest absolute Gasteiger partial charge is 0.380 e. The maximum Gasteiger partial charge on any atom is 0.258 e. The van der Waals surface area contributed by atoms with E-state index < -0.39 is 17.5 Å². The molecule has 5 rings (SSSR count). The number of carbonyl (C=O) groups excluding carboxylic acids is 1. The molecule has 2 heterocycles. The number of para-hydroxylation sites is 1. The van der Waals surface area contributed by atoms with Crippen molar-refractivity contribution in [2.75, 3.05) is 25.2 Å². The molecule has 2 aromatic carbocycles. The number of anilines is 1. The van der Waals surface area contributed by atoms with Crippen LogP contribution in [0.3, 0.4) is 0 Å². The van der Waals surface area contributed by atoms with Gasteiger partial charge in [-0.05, 0) is 37.1 Å². The fraction of sp³-hybridized carbons (Fsp3) is 0.517. The van der Waals surface area contributed by atoms with Gasteiger partial charge >= 0.3 is 0 Å². The third-order valence-electron chi connectivity index (χ3n) is 7.71. The minimum Gasteiger partial charge on any atom is -0.380 e. The van der Waals surface area contributed by atoms with Crippen LogP contribution in [0.1, 0.15) is 80.4 Å². The summed E-state index contributed by atoms with van der Waals surface area (Å²) in [4.78, 5) is 17.8. The molecule has 3 N–H and O–H groups in total. The molecule has 2 aliphatic heterocycles. The van der Waals surface area contributed by atoms with Gasteiger partial charge in [0.05, 0.1) is 25.4 Å². The summed E-state index contributed by atoms with van der Waals surface area (Å²) in [5.41, 5.74) is 5.62. The van der Waals surface area contributed by atoms with Crippen LogP contribution in [0, 0.1) is 17.0 Å². The molecule has 3 aliphatic rings. The molecule has 1 aliphatic carbocycles. The number of fused-ring (bicyclic) bond motifs is 1. The summed E-state index contributed by atoms with van der Waals surface area (Å²) in [6.45, 7) is 3.75. The topological polar surface area (TPSA) is 78.0 Å². The number of hydrogen-bond acceptors (Lipinski definition) is 5. The molecular weight excluding hydrogens is 488 g/mol. The van der Waals surface area contributed by atoms with Gasteiger partial charge in [-0.2, -0.15) is 5.01 Å². The minimum atomic E-state index is -1.07. The van der Waals surface area contributed by atoms with Crippen LogP contribution < -0.4 is 16.1 Å². The van der Waals surface area contributed by atoms with Crippen LogP contribution in [-0.2, 0) is 4.74 Å². The van der Waals surface area contributed by atoms with Crippen molar-refractivity contribution in [3.05, 3.63) is 65.2 Å². The van der Waals surface area contributed by atoms with Gasteiger partial charge in [0.25, 0.3) is 5.91 Å². The molecule has 0 aromatic heterocycles. The first-order valence-electron chi connectivity index (χ1n) is 13.7. The summed E-state index contributed by atoms with van der Waals surface area (Å²) in [6, 6.07) is 11.6. The fourth-order valence-corrected chi connectivity index (χ4v) is 5.41. The Hall–Kier alpha value is -3.04. The Morgan fingerprint density at radius 1 is 1.05 bits per heavy atom. The van der Waals surface area contributed by atoms with E-state index >= 15 is 0 Å². The average molecular weight is 526 g/mol. The highest BCUT2D eigenvalue weighted by molar-refractivity contribution is 6.05. The lowest BCUT2D eigenvalue weighted by Crippen LogP contribution is -2.51. The molecule has 2 aromatic rings. The second kappa shape index (κ2) is 11.8. The minimum absolute atomic E-state index is 0.0228. The molecule has 0 spiro atoms. The molecule has 1 atom stereocenters. The molecule has 2 fully saturated rings. The Bertz CT molecular complexity index is 1160. The molecule has 1 saturated heterocycles. The molecule has 0 bridgehead atoms. The van der Waals surface area contributed by atoms with Gasteiger partial charge in [-0.3, -0.25) is 15.1 Å². The maximum atomic E-state index is 13.8. The zero-order chi connectivity index (χ0) is 26.5. The molecule has 204 valence electrons. The van der Waals surface area contributed by atoms with E-state index in [1.54, 1.807) is 0 Å². The van der Waals surface area contributed by atoms with Gasteiger partial charge in [0.1, 0.15) is 6.17 Å². The van der Waals surface area contributed by atoms with Gasteiger partial charge in [-0.1, -0.05) is 63.6 Å². The molecule has 1 saturated carbocycles. The lowest BCUT2D eigenvalue weighted by Gasteiger charge is -2.37. The number of guanidine groups is 1. The average Bonchev–Trinajstić information content (AvgIpc) is 3.31. The normalized spacial score (nSPS) is 22.3. The van der Waals surface area contributed by atoms with Crippen LogP contribution >= 0.6 is 0 Å². The Balaban J connectivity index is 1.41. The van der Waals surface area contributed by atoms with Gasteiger partial charge in [0.2, 0.25) is 0 Å². The first-order chi connectivity index (χ1) is 18.4. The number of hydrazine groups is 1. The van der Waals surface area contributed by atoms with Crippen molar-refractivity contribution in [1.82, 2.24) is 15.6 Å². The van der Waals surface area contributed by atoms with Crippen LogP contribution in [0.25, 0.3) is 0 Å². The number of rotatable bonds is 5. The van der Waals surface area contributed by atoms with Gasteiger partial charge in [-0.15, -0.1) is 0 Å². The van der Waals surface area contributed by atoms with E-state index in [0.29, 0.717) is 31.8 Å². The van der Waals surface area contributed by atoms with Crippen molar-refractivity contribution >= 4 is 17.6 Å². The van der Waals surface area contributed by atoms with Crippen molar-refractivity contribution in [1.29, 1.82) is 0 Å². The highest BCUT2D eigenvalue weighted by atomic mass is 19.2. The Kier molecular flexibility index (Phi) is 8.24. The van der Waals surface area contributed by atoms with E-state index in [4.69, 9.17) is 9.73 Å². The Morgan fingerprint density at radius 2 is 1.76 bits per heavy atom. The third kappa shape index (κ3) is 6.15. The van der Waals surface area contributed by atoms with E-state index in [1.807, 2.05) is 12.1 Å². The number of ether oxygens (including phenoxy) is 1. The van der Waals surface area contributed by atoms with E-state index in [0.717, 1.165) is 36.2 Å². The van der Waals surface area contributed by atoms with Crippen molar-refractivity contribution in [2.24, 2.45) is 10.4 Å². The number of hydrogen-bond donors (Lipinski definition) is 3. The molecular formula is C29H37F2N5O2. The smallest absolute Gasteiger partial charge is 0.258 e. The molecule has 0 radical (unpaired) electrons. The summed E-state index contributed by atoms with van der Waals surface area (Å²) in [6.07, 6.45) is 9.33. The van der Waals surface area contributed by atoms with E-state index in [1.165, 1.54) is 44.6 Å². The highest BCUT2D eigenvalue weighted by Gasteiger charge is 2.37. The van der Waals surface area contributed by atoms with E-state index in [9.17, 15) is 13.6 Å². The van der Waals surface area contributed by atoms with Crippen molar-refractivity contribution in [2.45, 2.75) is 70.5 Å². The first kappa shape index (κ1) is 26.6. The molecule has 1 unspecified atom stereocenters. The summed E-state index contributed by atoms with van der Waals surface area (Å²) in [5.74, 6) is -2.32. The second-order valence-corrected chi connectivity index (χ2v) is 11.1. The highest BCUT2D eigenvalue weighted by Crippen LogP contribution is 2.37. The second-order valence-electron chi connectivity index (χ2n) is 11.1. The van der Waals surface area contributed by atoms with Gasteiger partial charge < -0.3 is 15.5 Å². The number of aliphatic imine (C=N–C) groups is 1. The molecule has 38 heavy (non-hydrogen) atoms. The monoisotopic (exact) mass is 525 g/mol. The fourth-order valence-electron chi connectivity index (χ4n) is 5.41. The zero-order valence-corrected chi connectivity index (χ0v) is 21.9. The lowest BCUT2D eigenvalue weighted by molar-refractivity contribution is -0.0945. The number of benzene rings is 2. The zero-order valence-electron chi connectivity index (χ0n) is 21.9. The van der Waals surface area contributed by atoms with Gasteiger partial charge in [0.15, 0.2) is 17.6 Å². The lowest BCUT2D eigenvalue weighted by atomic mass is 9.89. The summed E-state index contributed by atoms with van der Waals surface area (Å²) >= 11 is 0. The van der Waals surface area contributed by atoms with Crippen molar-refractivity contribution < 1.29 is 18.3 Å². The summed E-state index contributed by atoms with van der Waals surface area (Å²) in [7, 11) is 0.